The van der Waals surface area contributed by atoms with E-state index in [9.17, 15) is 4.79 Å². The molecule has 4 heteroatoms. The highest BCUT2D eigenvalue weighted by atomic mass is 32.1. The predicted octanol–water partition coefficient (Wildman–Crippen LogP) is 3.49. The Bertz CT molecular complexity index is 712. The SMILES string of the molecule is CCN1CC(=S)Nc2ccc(Cc3ccccc3)cc2C1=O. The Morgan fingerprint density at radius 3 is 2.64 bits per heavy atom. The Morgan fingerprint density at radius 1 is 1.14 bits per heavy atom. The van der Waals surface area contributed by atoms with Crippen LogP contribution in [0.15, 0.2) is 48.5 Å². The number of rotatable bonds is 3. The van der Waals surface area contributed by atoms with Crippen LogP contribution in [-0.4, -0.2) is 28.9 Å². The maximum Gasteiger partial charge on any atom is 0.256 e. The third-order valence-corrected chi connectivity index (χ3v) is 4.07. The maximum atomic E-state index is 12.6. The van der Waals surface area contributed by atoms with Crippen LogP contribution < -0.4 is 5.32 Å². The highest BCUT2D eigenvalue weighted by Gasteiger charge is 2.23. The van der Waals surface area contributed by atoms with Crippen LogP contribution in [0.1, 0.15) is 28.4 Å². The number of carbonyl (C=O) groups excluding carboxylic acids is 1. The summed E-state index contributed by atoms with van der Waals surface area (Å²) in [5.41, 5.74) is 3.88. The number of hydrogen-bond acceptors (Lipinski definition) is 2. The van der Waals surface area contributed by atoms with Crippen LogP contribution in [0.2, 0.25) is 0 Å². The molecule has 1 heterocycles. The van der Waals surface area contributed by atoms with Gasteiger partial charge < -0.3 is 10.2 Å². The van der Waals surface area contributed by atoms with E-state index in [1.165, 1.54) is 5.56 Å². The second kappa shape index (κ2) is 6.28. The van der Waals surface area contributed by atoms with Crippen molar-refractivity contribution in [2.45, 2.75) is 13.3 Å². The van der Waals surface area contributed by atoms with Crippen LogP contribution in [0, 0.1) is 0 Å². The lowest BCUT2D eigenvalue weighted by atomic mass is 10.0. The van der Waals surface area contributed by atoms with Gasteiger partial charge in [0.25, 0.3) is 5.91 Å². The minimum absolute atomic E-state index is 0.0414. The van der Waals surface area contributed by atoms with Gasteiger partial charge in [0.15, 0.2) is 0 Å². The summed E-state index contributed by atoms with van der Waals surface area (Å²) < 4.78 is 0. The lowest BCUT2D eigenvalue weighted by Crippen LogP contribution is -2.34. The van der Waals surface area contributed by atoms with E-state index in [-0.39, 0.29) is 5.91 Å². The van der Waals surface area contributed by atoms with Gasteiger partial charge in [0.2, 0.25) is 0 Å². The number of likely N-dealkylation sites (N-methyl/N-ethyl adjacent to an activating group) is 1. The first kappa shape index (κ1) is 14.7. The van der Waals surface area contributed by atoms with Crippen molar-refractivity contribution in [3.63, 3.8) is 0 Å². The molecule has 3 rings (SSSR count). The van der Waals surface area contributed by atoms with Crippen LogP contribution in [0.5, 0.6) is 0 Å². The molecule has 2 aromatic rings. The summed E-state index contributed by atoms with van der Waals surface area (Å²) in [6.45, 7) is 3.11. The Hall–Kier alpha value is -2.20. The number of carbonyl (C=O) groups is 1. The van der Waals surface area contributed by atoms with Crippen molar-refractivity contribution in [1.82, 2.24) is 4.90 Å². The summed E-state index contributed by atoms with van der Waals surface area (Å²) in [6.07, 6.45) is 0.817. The van der Waals surface area contributed by atoms with Gasteiger partial charge in [0.1, 0.15) is 0 Å². The average molecular weight is 310 g/mol. The number of amides is 1. The average Bonchev–Trinajstić information content (AvgIpc) is 2.65. The maximum absolute atomic E-state index is 12.6. The summed E-state index contributed by atoms with van der Waals surface area (Å²) >= 11 is 5.30. The summed E-state index contributed by atoms with van der Waals surface area (Å²) in [7, 11) is 0. The highest BCUT2D eigenvalue weighted by molar-refractivity contribution is 7.80. The molecule has 22 heavy (non-hydrogen) atoms. The minimum atomic E-state index is 0.0414. The van der Waals surface area contributed by atoms with Gasteiger partial charge in [-0.05, 0) is 36.6 Å². The molecule has 2 aromatic carbocycles. The van der Waals surface area contributed by atoms with E-state index in [2.05, 4.69) is 23.5 Å². The lowest BCUT2D eigenvalue weighted by molar-refractivity contribution is 0.0791. The number of hydrogen-bond donors (Lipinski definition) is 1. The molecule has 0 spiro atoms. The van der Waals surface area contributed by atoms with Crippen molar-refractivity contribution in [3.05, 3.63) is 65.2 Å². The Kier molecular flexibility index (Phi) is 4.20. The quantitative estimate of drug-likeness (QED) is 0.881. The van der Waals surface area contributed by atoms with Gasteiger partial charge >= 0.3 is 0 Å². The van der Waals surface area contributed by atoms with E-state index < -0.39 is 0 Å². The fourth-order valence-electron chi connectivity index (χ4n) is 2.68. The molecular formula is C18H18N2OS. The Morgan fingerprint density at radius 2 is 1.91 bits per heavy atom. The normalized spacial score (nSPS) is 14.3. The van der Waals surface area contributed by atoms with Crippen molar-refractivity contribution >= 4 is 28.8 Å². The van der Waals surface area contributed by atoms with Gasteiger partial charge in [0, 0.05) is 6.54 Å². The molecule has 0 unspecified atom stereocenters. The molecule has 0 radical (unpaired) electrons. The van der Waals surface area contributed by atoms with E-state index >= 15 is 0 Å². The molecule has 1 aliphatic rings. The van der Waals surface area contributed by atoms with E-state index in [1.54, 1.807) is 4.90 Å². The molecule has 0 saturated carbocycles. The zero-order chi connectivity index (χ0) is 15.5. The number of thiocarbonyl (C=S) groups is 1. The van der Waals surface area contributed by atoms with Crippen molar-refractivity contribution in [2.24, 2.45) is 0 Å². The molecule has 3 nitrogen and oxygen atoms in total. The van der Waals surface area contributed by atoms with Gasteiger partial charge in [-0.1, -0.05) is 48.6 Å². The van der Waals surface area contributed by atoms with Gasteiger partial charge in [-0.3, -0.25) is 4.79 Å². The van der Waals surface area contributed by atoms with E-state index in [4.69, 9.17) is 12.2 Å². The van der Waals surface area contributed by atoms with Gasteiger partial charge in [-0.25, -0.2) is 0 Å². The summed E-state index contributed by atoms with van der Waals surface area (Å²) in [4.78, 5) is 15.1. The van der Waals surface area contributed by atoms with Crippen LogP contribution in [-0.2, 0) is 6.42 Å². The number of nitrogens with one attached hydrogen (secondary N) is 1. The Labute approximate surface area is 136 Å². The largest absolute Gasteiger partial charge is 0.348 e. The van der Waals surface area contributed by atoms with Gasteiger partial charge in [-0.15, -0.1) is 0 Å². The summed E-state index contributed by atoms with van der Waals surface area (Å²) in [5, 5.41) is 3.18. The van der Waals surface area contributed by atoms with Crippen molar-refractivity contribution in [3.8, 4) is 0 Å². The molecule has 0 aromatic heterocycles. The van der Waals surface area contributed by atoms with E-state index in [0.717, 1.165) is 17.7 Å². The van der Waals surface area contributed by atoms with Crippen LogP contribution >= 0.6 is 12.2 Å². The first-order chi connectivity index (χ1) is 10.7. The van der Waals surface area contributed by atoms with E-state index in [1.807, 2.05) is 37.3 Å². The molecular weight excluding hydrogens is 292 g/mol. The molecule has 0 aliphatic carbocycles. The minimum Gasteiger partial charge on any atom is -0.348 e. The number of anilines is 1. The zero-order valence-electron chi connectivity index (χ0n) is 12.5. The topological polar surface area (TPSA) is 32.3 Å². The zero-order valence-corrected chi connectivity index (χ0v) is 13.3. The van der Waals surface area contributed by atoms with Crippen LogP contribution in [0.4, 0.5) is 5.69 Å². The standard InChI is InChI=1S/C18H18N2OS/c1-2-20-12-17(22)19-16-9-8-14(11-15(16)18(20)21)10-13-6-4-3-5-7-13/h3-9,11H,2,10,12H2,1H3,(H,19,22). The number of benzene rings is 2. The van der Waals surface area contributed by atoms with Crippen LogP contribution in [0.3, 0.4) is 0 Å². The van der Waals surface area contributed by atoms with Crippen molar-refractivity contribution in [1.29, 1.82) is 0 Å². The number of nitrogens with zero attached hydrogens (tertiary/aromatic N) is 1. The van der Waals surface area contributed by atoms with Crippen molar-refractivity contribution in [2.75, 3.05) is 18.4 Å². The molecule has 0 fully saturated rings. The van der Waals surface area contributed by atoms with Gasteiger partial charge in [0.05, 0.1) is 22.8 Å². The lowest BCUT2D eigenvalue weighted by Gasteiger charge is -2.18. The third-order valence-electron chi connectivity index (χ3n) is 3.84. The summed E-state index contributed by atoms with van der Waals surface area (Å²) in [6, 6.07) is 16.2. The second-order valence-corrected chi connectivity index (χ2v) is 5.90. The fourth-order valence-corrected chi connectivity index (χ4v) is 2.95. The first-order valence-electron chi connectivity index (χ1n) is 7.43. The predicted molar refractivity (Wildman–Crippen MR) is 93.5 cm³/mol. The van der Waals surface area contributed by atoms with Gasteiger partial charge in [-0.2, -0.15) is 0 Å². The monoisotopic (exact) mass is 310 g/mol. The van der Waals surface area contributed by atoms with Crippen molar-refractivity contribution < 1.29 is 4.79 Å². The summed E-state index contributed by atoms with van der Waals surface area (Å²) in [5.74, 6) is 0.0414. The molecule has 1 amide bonds. The number of fused-ring (bicyclic) bond motifs is 1. The molecule has 112 valence electrons. The molecule has 0 atom stereocenters. The molecule has 1 aliphatic heterocycles. The smallest absolute Gasteiger partial charge is 0.256 e. The first-order valence-corrected chi connectivity index (χ1v) is 7.84. The highest BCUT2D eigenvalue weighted by Crippen LogP contribution is 2.24. The fraction of sp³-hybridized carbons (Fsp3) is 0.222. The van der Waals surface area contributed by atoms with E-state index in [0.29, 0.717) is 23.6 Å². The third kappa shape index (κ3) is 3.02. The second-order valence-electron chi connectivity index (χ2n) is 5.41. The molecule has 1 N–H and O–H groups in total. The molecule has 0 bridgehead atoms. The van der Waals surface area contributed by atoms with Crippen LogP contribution in [0.25, 0.3) is 0 Å². The Balaban J connectivity index is 1.95. The molecule has 0 saturated heterocycles.